The molecule has 1 amide bonds. The van der Waals surface area contributed by atoms with Crippen LogP contribution in [-0.2, 0) is 4.74 Å². The highest BCUT2D eigenvalue weighted by molar-refractivity contribution is 7.16. The molecule has 0 radical (unpaired) electrons. The Labute approximate surface area is 221 Å². The van der Waals surface area contributed by atoms with Gasteiger partial charge in [-0.3, -0.25) is 9.36 Å². The molecular formula is C25H24Cl2N4O4S. The first-order chi connectivity index (χ1) is 17.4. The van der Waals surface area contributed by atoms with Crippen molar-refractivity contribution in [1.82, 2.24) is 14.9 Å². The van der Waals surface area contributed by atoms with Gasteiger partial charge < -0.3 is 25.3 Å². The summed E-state index contributed by atoms with van der Waals surface area (Å²) in [5.41, 5.74) is 7.99. The lowest BCUT2D eigenvalue weighted by Crippen LogP contribution is -2.41. The molecule has 188 valence electrons. The number of primary amides is 1. The fourth-order valence-electron chi connectivity index (χ4n) is 4.02. The minimum Gasteiger partial charge on any atom is -0.489 e. The number of rotatable bonds is 8. The van der Waals surface area contributed by atoms with Crippen molar-refractivity contribution in [3.05, 3.63) is 69.3 Å². The maximum absolute atomic E-state index is 12.2. The predicted octanol–water partition coefficient (Wildman–Crippen LogP) is 5.00. The van der Waals surface area contributed by atoms with Crippen molar-refractivity contribution in [2.24, 2.45) is 5.73 Å². The summed E-state index contributed by atoms with van der Waals surface area (Å²) in [6, 6.07) is 12.7. The third kappa shape index (κ3) is 5.16. The number of morpholine rings is 1. The lowest BCUT2D eigenvalue weighted by molar-refractivity contribution is 0.000181. The molecule has 1 fully saturated rings. The Morgan fingerprint density at radius 2 is 2.17 bits per heavy atom. The highest BCUT2D eigenvalue weighted by Crippen LogP contribution is 2.39. The van der Waals surface area contributed by atoms with E-state index in [9.17, 15) is 4.79 Å². The number of nitrogens with zero attached hydrogens (tertiary/aromatic N) is 2. The van der Waals surface area contributed by atoms with Crippen LogP contribution in [0.2, 0.25) is 10.0 Å². The summed E-state index contributed by atoms with van der Waals surface area (Å²) in [7, 11) is 0. The summed E-state index contributed by atoms with van der Waals surface area (Å²) >= 11 is 14.0. The summed E-state index contributed by atoms with van der Waals surface area (Å²) in [4.78, 5) is 16.9. The van der Waals surface area contributed by atoms with Crippen molar-refractivity contribution in [1.29, 1.82) is 0 Å². The third-order valence-electron chi connectivity index (χ3n) is 5.82. The first-order valence-electron chi connectivity index (χ1n) is 11.4. The summed E-state index contributed by atoms with van der Waals surface area (Å²) < 4.78 is 19.7. The number of benzene rings is 2. The van der Waals surface area contributed by atoms with Gasteiger partial charge in [-0.05, 0) is 31.2 Å². The monoisotopic (exact) mass is 546 g/mol. The number of hydrogen-bond donors (Lipinski definition) is 2. The number of carbonyl (C=O) groups excluding carboxylic acids is 1. The number of imidazole rings is 1. The number of nitrogens with two attached hydrogens (primary N) is 1. The average molecular weight is 547 g/mol. The van der Waals surface area contributed by atoms with Gasteiger partial charge in [0.2, 0.25) is 0 Å². The Hall–Kier alpha value is -2.82. The molecule has 0 bridgehead atoms. The fraction of sp³-hybridized carbons (Fsp3) is 0.280. The first kappa shape index (κ1) is 24.9. The van der Waals surface area contributed by atoms with Gasteiger partial charge in [0.1, 0.15) is 46.5 Å². The molecule has 1 aliphatic rings. The molecule has 11 heteroatoms. The van der Waals surface area contributed by atoms with Gasteiger partial charge in [-0.25, -0.2) is 4.98 Å². The van der Waals surface area contributed by atoms with E-state index in [1.807, 2.05) is 35.8 Å². The van der Waals surface area contributed by atoms with Crippen molar-refractivity contribution in [3.8, 4) is 16.5 Å². The number of carbonyl (C=O) groups is 1. The first-order valence-corrected chi connectivity index (χ1v) is 12.9. The third-order valence-corrected chi connectivity index (χ3v) is 7.59. The summed E-state index contributed by atoms with van der Waals surface area (Å²) in [6.45, 7) is 4.46. The minimum atomic E-state index is -0.579. The zero-order chi connectivity index (χ0) is 25.2. The van der Waals surface area contributed by atoms with Crippen LogP contribution in [0, 0.1) is 0 Å². The second-order valence-corrected chi connectivity index (χ2v) is 10.2. The van der Waals surface area contributed by atoms with Crippen LogP contribution >= 0.6 is 34.5 Å². The fourth-order valence-corrected chi connectivity index (χ4v) is 5.45. The van der Waals surface area contributed by atoms with Crippen LogP contribution in [0.3, 0.4) is 0 Å². The van der Waals surface area contributed by atoms with Crippen LogP contribution in [0.25, 0.3) is 16.0 Å². The molecule has 3 heterocycles. The molecule has 3 N–H and O–H groups in total. The van der Waals surface area contributed by atoms with E-state index in [1.54, 1.807) is 24.5 Å². The van der Waals surface area contributed by atoms with Gasteiger partial charge in [0, 0.05) is 29.7 Å². The molecule has 0 spiro atoms. The molecule has 2 unspecified atom stereocenters. The molecule has 8 nitrogen and oxygen atoms in total. The molecule has 2 aromatic heterocycles. The number of ether oxygens (including phenoxy) is 3. The zero-order valence-corrected chi connectivity index (χ0v) is 21.7. The molecule has 0 saturated carbocycles. The average Bonchev–Trinajstić information content (AvgIpc) is 3.47. The molecule has 1 saturated heterocycles. The number of hydrogen-bond acceptors (Lipinski definition) is 7. The number of aromatic nitrogens is 2. The van der Waals surface area contributed by atoms with Gasteiger partial charge in [-0.1, -0.05) is 35.3 Å². The van der Waals surface area contributed by atoms with Gasteiger partial charge in [0.05, 0.1) is 22.7 Å². The highest BCUT2D eigenvalue weighted by Gasteiger charge is 2.22. The molecule has 5 rings (SSSR count). The van der Waals surface area contributed by atoms with Crippen LogP contribution in [0.4, 0.5) is 0 Å². The summed E-state index contributed by atoms with van der Waals surface area (Å²) in [5, 5.41) is 5.06. The molecule has 36 heavy (non-hydrogen) atoms. The second-order valence-electron chi connectivity index (χ2n) is 8.32. The van der Waals surface area contributed by atoms with Crippen LogP contribution in [-0.4, -0.2) is 47.9 Å². The molecule has 1 aliphatic heterocycles. The van der Waals surface area contributed by atoms with E-state index < -0.39 is 12.0 Å². The summed E-state index contributed by atoms with van der Waals surface area (Å²) in [6.07, 6.45) is 1.16. The van der Waals surface area contributed by atoms with Gasteiger partial charge in [0.15, 0.2) is 0 Å². The second kappa shape index (κ2) is 10.7. The van der Waals surface area contributed by atoms with Crippen LogP contribution in [0.1, 0.15) is 28.3 Å². The lowest BCUT2D eigenvalue weighted by atomic mass is 10.1. The maximum Gasteiger partial charge on any atom is 0.262 e. The highest BCUT2D eigenvalue weighted by atomic mass is 35.5. The van der Waals surface area contributed by atoms with E-state index >= 15 is 0 Å². The van der Waals surface area contributed by atoms with E-state index in [0.29, 0.717) is 39.6 Å². The summed E-state index contributed by atoms with van der Waals surface area (Å²) in [5.74, 6) is 0.337. The van der Waals surface area contributed by atoms with Gasteiger partial charge >= 0.3 is 0 Å². The van der Waals surface area contributed by atoms with Gasteiger partial charge in [-0.15, -0.1) is 11.3 Å². The quantitative estimate of drug-likeness (QED) is 0.322. The molecule has 2 aromatic carbocycles. The Balaban J connectivity index is 1.38. The van der Waals surface area contributed by atoms with Crippen molar-refractivity contribution >= 4 is 51.5 Å². The van der Waals surface area contributed by atoms with E-state index in [0.717, 1.165) is 34.7 Å². The van der Waals surface area contributed by atoms with E-state index in [-0.39, 0.29) is 6.10 Å². The maximum atomic E-state index is 12.2. The van der Waals surface area contributed by atoms with E-state index in [2.05, 4.69) is 10.3 Å². The van der Waals surface area contributed by atoms with Crippen molar-refractivity contribution in [2.75, 3.05) is 26.3 Å². The van der Waals surface area contributed by atoms with Crippen LogP contribution < -0.4 is 20.5 Å². The van der Waals surface area contributed by atoms with E-state index in [4.69, 9.17) is 43.1 Å². The normalized spacial score (nSPS) is 16.7. The van der Waals surface area contributed by atoms with Crippen LogP contribution in [0.15, 0.2) is 48.8 Å². The topological polar surface area (TPSA) is 101 Å². The Bertz CT molecular complexity index is 1400. The van der Waals surface area contributed by atoms with Gasteiger partial charge in [-0.2, -0.15) is 0 Å². The van der Waals surface area contributed by atoms with Crippen LogP contribution in [0.5, 0.6) is 11.5 Å². The van der Waals surface area contributed by atoms with Crippen molar-refractivity contribution < 1.29 is 19.0 Å². The lowest BCUT2D eigenvalue weighted by Gasteiger charge is -2.24. The van der Waals surface area contributed by atoms with Gasteiger partial charge in [0.25, 0.3) is 5.91 Å². The molecule has 2 atom stereocenters. The van der Waals surface area contributed by atoms with E-state index in [1.165, 1.54) is 11.3 Å². The predicted molar refractivity (Wildman–Crippen MR) is 141 cm³/mol. The molecule has 4 aromatic rings. The Kier molecular flexibility index (Phi) is 7.36. The van der Waals surface area contributed by atoms with Crippen molar-refractivity contribution in [3.63, 3.8) is 0 Å². The number of nitrogens with one attached hydrogen (secondary N) is 1. The zero-order valence-electron chi connectivity index (χ0n) is 19.4. The number of thiophene rings is 1. The molecule has 0 aliphatic carbocycles. The van der Waals surface area contributed by atoms with Crippen molar-refractivity contribution in [2.45, 2.75) is 19.1 Å². The SMILES string of the molecule is CC(Oc1cc(-n2cnc3cc(Cl)ccc32)sc1C(N)=O)c1cccc(OCC2CNCCO2)c1Cl. The smallest absolute Gasteiger partial charge is 0.262 e. The number of halogens is 2. The number of fused-ring (bicyclic) bond motifs is 1. The largest absolute Gasteiger partial charge is 0.489 e. The molecular weight excluding hydrogens is 523 g/mol. The standard InChI is InChI=1S/C25H24Cl2N4O4S/c1-14(17-3-2-4-20(23(17)27)34-12-16-11-29-7-8-33-16)35-21-10-22(36-24(21)25(28)32)31-13-30-18-9-15(26)5-6-19(18)31/h2-6,9-10,13-14,16,29H,7-8,11-12H2,1H3,(H2,28,32). The minimum absolute atomic E-state index is 0.0372. The Morgan fingerprint density at radius 1 is 1.31 bits per heavy atom. The number of amides is 1. The Morgan fingerprint density at radius 3 is 2.94 bits per heavy atom.